The Morgan fingerprint density at radius 3 is 2.55 bits per heavy atom. The number of halogens is 2. The van der Waals surface area contributed by atoms with Gasteiger partial charge in [0.25, 0.3) is 15.6 Å². The number of rotatable bonds is 6. The van der Waals surface area contributed by atoms with Gasteiger partial charge in [0.1, 0.15) is 11.0 Å². The summed E-state index contributed by atoms with van der Waals surface area (Å²) in [6.45, 7) is 5.56. The minimum absolute atomic E-state index is 0.0655. The molecule has 1 atom stereocenters. The second kappa shape index (κ2) is 10.2. The Morgan fingerprint density at radius 1 is 1.10 bits per heavy atom. The van der Waals surface area contributed by atoms with E-state index < -0.39 is 27.0 Å². The molecule has 208 valence electrons. The van der Waals surface area contributed by atoms with E-state index in [2.05, 4.69) is 10.3 Å². The van der Waals surface area contributed by atoms with Crippen molar-refractivity contribution in [2.75, 3.05) is 10.2 Å². The van der Waals surface area contributed by atoms with E-state index in [0.29, 0.717) is 35.5 Å². The van der Waals surface area contributed by atoms with E-state index in [1.54, 1.807) is 20.0 Å². The third kappa shape index (κ3) is 5.00. The lowest BCUT2D eigenvalue weighted by molar-refractivity contribution is -0.117. The fraction of sp³-hybridized carbons (Fsp3) is 0.259. The number of sulfonamides is 1. The number of aryl methyl sites for hydroxylation is 1. The van der Waals surface area contributed by atoms with Gasteiger partial charge in [-0.05, 0) is 54.8 Å². The molecule has 3 heterocycles. The molecule has 10 nitrogen and oxygen atoms in total. The number of fused-ring (bicyclic) bond motifs is 2. The number of carbonyl (C=O) groups is 1. The standard InChI is InChI=1S/C27H26ClFN6O4S/c1-14-5-8-20(15(2)30-21-9-10-22(28)31-25(21)40(38,39)33-16(3)36)24-23(14)26(37)34(4)27(32-24)35-12-17-6-7-19(29)11-18(17)13-35/h5-11,15,30H,12-13H2,1-4H3,(H,33,36)/t15-/m1/s1. The first kappa shape index (κ1) is 27.5. The van der Waals surface area contributed by atoms with E-state index in [-0.39, 0.29) is 22.2 Å². The molecule has 0 aliphatic carbocycles. The number of anilines is 2. The van der Waals surface area contributed by atoms with Crippen LogP contribution in [0.4, 0.5) is 16.0 Å². The SMILES string of the molecule is CC(=O)NS(=O)(=O)c1nc(Cl)ccc1N[C@H](C)c1ccc(C)c2c(=O)n(C)c(N3Cc4ccc(F)cc4C3)nc12. The van der Waals surface area contributed by atoms with Gasteiger partial charge in [-0.15, -0.1) is 0 Å². The van der Waals surface area contributed by atoms with Gasteiger partial charge in [-0.1, -0.05) is 29.8 Å². The second-order valence-electron chi connectivity index (χ2n) is 9.75. The topological polar surface area (TPSA) is 126 Å². The van der Waals surface area contributed by atoms with Crippen molar-refractivity contribution in [2.24, 2.45) is 7.05 Å². The number of amides is 1. The smallest absolute Gasteiger partial charge is 0.283 e. The van der Waals surface area contributed by atoms with E-state index in [0.717, 1.165) is 23.6 Å². The van der Waals surface area contributed by atoms with Crippen molar-refractivity contribution >= 4 is 50.1 Å². The normalized spacial score (nSPS) is 13.8. The molecule has 5 rings (SSSR count). The van der Waals surface area contributed by atoms with Crippen LogP contribution >= 0.6 is 11.6 Å². The van der Waals surface area contributed by atoms with Gasteiger partial charge in [0.05, 0.1) is 22.6 Å². The molecule has 2 aromatic heterocycles. The molecule has 0 saturated heterocycles. The minimum Gasteiger partial charge on any atom is -0.376 e. The second-order valence-corrected chi connectivity index (χ2v) is 11.7. The summed E-state index contributed by atoms with van der Waals surface area (Å²) in [7, 11) is -2.66. The Kier molecular flexibility index (Phi) is 7.01. The van der Waals surface area contributed by atoms with Gasteiger partial charge in [-0.3, -0.25) is 14.2 Å². The number of nitrogens with one attached hydrogen (secondary N) is 2. The van der Waals surface area contributed by atoms with Crippen LogP contribution in [0.5, 0.6) is 0 Å². The first-order valence-electron chi connectivity index (χ1n) is 12.3. The molecular weight excluding hydrogens is 559 g/mol. The quantitative estimate of drug-likeness (QED) is 0.326. The van der Waals surface area contributed by atoms with Gasteiger partial charge in [-0.25, -0.2) is 19.1 Å². The van der Waals surface area contributed by atoms with E-state index >= 15 is 0 Å². The van der Waals surface area contributed by atoms with E-state index in [4.69, 9.17) is 16.6 Å². The van der Waals surface area contributed by atoms with Crippen LogP contribution < -0.4 is 20.5 Å². The van der Waals surface area contributed by atoms with Crippen molar-refractivity contribution in [3.05, 3.63) is 86.0 Å². The largest absolute Gasteiger partial charge is 0.376 e. The van der Waals surface area contributed by atoms with Crippen molar-refractivity contribution < 1.29 is 17.6 Å². The average Bonchev–Trinajstić information content (AvgIpc) is 3.29. The van der Waals surface area contributed by atoms with E-state index in [9.17, 15) is 22.4 Å². The van der Waals surface area contributed by atoms with E-state index in [1.807, 2.05) is 28.7 Å². The number of nitrogens with zero attached hydrogens (tertiary/aromatic N) is 4. The van der Waals surface area contributed by atoms with Gasteiger partial charge in [0.2, 0.25) is 16.9 Å². The summed E-state index contributed by atoms with van der Waals surface area (Å²) >= 11 is 5.97. The molecule has 1 aliphatic heterocycles. The molecule has 0 radical (unpaired) electrons. The number of aromatic nitrogens is 3. The predicted molar refractivity (Wildman–Crippen MR) is 150 cm³/mol. The summed E-state index contributed by atoms with van der Waals surface area (Å²) in [4.78, 5) is 35.9. The third-order valence-electron chi connectivity index (χ3n) is 6.82. The Morgan fingerprint density at radius 2 is 1.82 bits per heavy atom. The molecule has 40 heavy (non-hydrogen) atoms. The van der Waals surface area contributed by atoms with Crippen LogP contribution in [0.2, 0.25) is 5.15 Å². The highest BCUT2D eigenvalue weighted by molar-refractivity contribution is 7.90. The fourth-order valence-corrected chi connectivity index (χ4v) is 6.26. The Hall–Kier alpha value is -4.03. The Labute approximate surface area is 234 Å². The zero-order chi connectivity index (χ0) is 28.9. The zero-order valence-electron chi connectivity index (χ0n) is 22.1. The van der Waals surface area contributed by atoms with Crippen molar-refractivity contribution in [3.63, 3.8) is 0 Å². The minimum atomic E-state index is -4.31. The van der Waals surface area contributed by atoms with Gasteiger partial charge in [0, 0.05) is 32.6 Å². The zero-order valence-corrected chi connectivity index (χ0v) is 23.7. The number of benzene rings is 2. The molecular formula is C27H26ClFN6O4S. The van der Waals surface area contributed by atoms with Crippen molar-refractivity contribution in [3.8, 4) is 0 Å². The molecule has 2 N–H and O–H groups in total. The van der Waals surface area contributed by atoms with Crippen LogP contribution in [0.15, 0.2) is 52.3 Å². The summed E-state index contributed by atoms with van der Waals surface area (Å²) in [5.74, 6) is -0.671. The maximum absolute atomic E-state index is 13.8. The molecule has 0 spiro atoms. The molecule has 0 fully saturated rings. The van der Waals surface area contributed by atoms with Crippen molar-refractivity contribution in [1.82, 2.24) is 19.3 Å². The van der Waals surface area contributed by atoms with Crippen LogP contribution in [0.3, 0.4) is 0 Å². The van der Waals surface area contributed by atoms with Crippen LogP contribution in [0, 0.1) is 12.7 Å². The lowest BCUT2D eigenvalue weighted by Gasteiger charge is -2.23. The number of pyridine rings is 1. The van der Waals surface area contributed by atoms with Crippen LogP contribution in [-0.2, 0) is 35.0 Å². The summed E-state index contributed by atoms with van der Waals surface area (Å²) < 4.78 is 42.8. The Bertz CT molecular complexity index is 1860. The monoisotopic (exact) mass is 584 g/mol. The van der Waals surface area contributed by atoms with Crippen LogP contribution in [0.1, 0.15) is 42.1 Å². The maximum atomic E-state index is 13.8. The lowest BCUT2D eigenvalue weighted by atomic mass is 10.0. The molecule has 4 aromatic rings. The van der Waals surface area contributed by atoms with Gasteiger partial charge in [0.15, 0.2) is 0 Å². The number of carbonyl (C=O) groups excluding carboxylic acids is 1. The molecule has 1 amide bonds. The third-order valence-corrected chi connectivity index (χ3v) is 8.41. The van der Waals surface area contributed by atoms with Crippen molar-refractivity contribution in [2.45, 2.75) is 44.9 Å². The molecule has 2 aromatic carbocycles. The van der Waals surface area contributed by atoms with Gasteiger partial charge >= 0.3 is 0 Å². The first-order chi connectivity index (χ1) is 18.9. The first-order valence-corrected chi connectivity index (χ1v) is 14.2. The van der Waals surface area contributed by atoms with Gasteiger partial charge in [-0.2, -0.15) is 8.42 Å². The Balaban J connectivity index is 1.59. The molecule has 0 unspecified atom stereocenters. The highest BCUT2D eigenvalue weighted by atomic mass is 35.5. The highest BCUT2D eigenvalue weighted by Crippen LogP contribution is 2.32. The van der Waals surface area contributed by atoms with Crippen LogP contribution in [0.25, 0.3) is 10.9 Å². The van der Waals surface area contributed by atoms with Crippen molar-refractivity contribution in [1.29, 1.82) is 0 Å². The maximum Gasteiger partial charge on any atom is 0.283 e. The number of hydrogen-bond donors (Lipinski definition) is 2. The highest BCUT2D eigenvalue weighted by Gasteiger charge is 2.27. The summed E-state index contributed by atoms with van der Waals surface area (Å²) in [5, 5.41) is 3.06. The summed E-state index contributed by atoms with van der Waals surface area (Å²) in [6, 6.07) is 10.6. The fourth-order valence-electron chi connectivity index (χ4n) is 4.95. The predicted octanol–water partition coefficient (Wildman–Crippen LogP) is 3.95. The number of hydrogen-bond acceptors (Lipinski definition) is 8. The van der Waals surface area contributed by atoms with E-state index in [1.165, 1.54) is 28.8 Å². The molecule has 0 saturated carbocycles. The summed E-state index contributed by atoms with van der Waals surface area (Å²) in [5.41, 5.74) is 3.49. The molecule has 0 bridgehead atoms. The van der Waals surface area contributed by atoms with Crippen LogP contribution in [-0.4, -0.2) is 28.9 Å². The average molecular weight is 585 g/mol. The molecule has 13 heteroatoms. The van der Waals surface area contributed by atoms with Gasteiger partial charge < -0.3 is 10.2 Å². The summed E-state index contributed by atoms with van der Waals surface area (Å²) in [6.07, 6.45) is 0. The lowest BCUT2D eigenvalue weighted by Crippen LogP contribution is -2.30. The molecule has 1 aliphatic rings.